The number of nitro groups is 1. The van der Waals surface area contributed by atoms with Gasteiger partial charge in [-0.1, -0.05) is 18.2 Å². The van der Waals surface area contributed by atoms with Crippen molar-refractivity contribution in [3.63, 3.8) is 0 Å². The SMILES string of the molecule is O=C(Nc1ccc2cc[nH]c2c1)c1ccccc1Oc1ccc([N+](=O)[O-])cc1. The molecule has 1 aromatic heterocycles. The molecule has 0 saturated heterocycles. The highest BCUT2D eigenvalue weighted by Crippen LogP contribution is 2.28. The molecule has 2 N–H and O–H groups in total. The van der Waals surface area contributed by atoms with Crippen LogP contribution in [0.15, 0.2) is 79.0 Å². The maximum atomic E-state index is 12.8. The maximum absolute atomic E-state index is 12.8. The van der Waals surface area contributed by atoms with Gasteiger partial charge in [-0.25, -0.2) is 0 Å². The van der Waals surface area contributed by atoms with Gasteiger partial charge in [0.15, 0.2) is 0 Å². The number of H-pyrrole nitrogens is 1. The van der Waals surface area contributed by atoms with Gasteiger partial charge in [0, 0.05) is 29.5 Å². The van der Waals surface area contributed by atoms with E-state index in [4.69, 9.17) is 4.74 Å². The van der Waals surface area contributed by atoms with Crippen LogP contribution < -0.4 is 10.1 Å². The second kappa shape index (κ2) is 7.24. The number of aromatic amines is 1. The molecular formula is C21H15N3O4. The molecule has 0 fully saturated rings. The third kappa shape index (κ3) is 3.54. The molecule has 0 unspecified atom stereocenters. The average Bonchev–Trinajstić information content (AvgIpc) is 3.16. The Kier molecular flexibility index (Phi) is 4.47. The maximum Gasteiger partial charge on any atom is 0.269 e. The number of carbonyl (C=O) groups is 1. The van der Waals surface area contributed by atoms with Gasteiger partial charge in [-0.2, -0.15) is 0 Å². The number of nitrogens with one attached hydrogen (secondary N) is 2. The fraction of sp³-hybridized carbons (Fsp3) is 0. The Morgan fingerprint density at radius 1 is 1.00 bits per heavy atom. The fourth-order valence-corrected chi connectivity index (χ4v) is 2.83. The molecule has 28 heavy (non-hydrogen) atoms. The molecule has 0 aliphatic carbocycles. The quantitative estimate of drug-likeness (QED) is 0.375. The van der Waals surface area contributed by atoms with Gasteiger partial charge in [-0.05, 0) is 47.9 Å². The van der Waals surface area contributed by atoms with E-state index in [0.29, 0.717) is 22.7 Å². The number of hydrogen-bond acceptors (Lipinski definition) is 4. The molecule has 3 aromatic carbocycles. The van der Waals surface area contributed by atoms with Gasteiger partial charge in [0.25, 0.3) is 11.6 Å². The number of para-hydroxylation sites is 1. The number of hydrogen-bond donors (Lipinski definition) is 2. The average molecular weight is 373 g/mol. The van der Waals surface area contributed by atoms with Crippen molar-refractivity contribution in [2.45, 2.75) is 0 Å². The zero-order valence-electron chi connectivity index (χ0n) is 14.6. The van der Waals surface area contributed by atoms with Crippen LogP contribution in [0.3, 0.4) is 0 Å². The van der Waals surface area contributed by atoms with E-state index in [0.717, 1.165) is 10.9 Å². The molecule has 7 heteroatoms. The van der Waals surface area contributed by atoms with Gasteiger partial charge < -0.3 is 15.0 Å². The lowest BCUT2D eigenvalue weighted by atomic mass is 10.1. The lowest BCUT2D eigenvalue weighted by molar-refractivity contribution is -0.384. The normalized spacial score (nSPS) is 10.6. The summed E-state index contributed by atoms with van der Waals surface area (Å²) in [4.78, 5) is 26.1. The van der Waals surface area contributed by atoms with Crippen LogP contribution in [0.2, 0.25) is 0 Å². The monoisotopic (exact) mass is 373 g/mol. The van der Waals surface area contributed by atoms with Gasteiger partial charge >= 0.3 is 0 Å². The van der Waals surface area contributed by atoms with Crippen molar-refractivity contribution < 1.29 is 14.5 Å². The van der Waals surface area contributed by atoms with Crippen molar-refractivity contribution in [3.8, 4) is 11.5 Å². The number of aromatic nitrogens is 1. The molecule has 0 aliphatic heterocycles. The summed E-state index contributed by atoms with van der Waals surface area (Å²) in [6.45, 7) is 0. The molecule has 1 heterocycles. The standard InChI is InChI=1S/C21H15N3O4/c25-21(23-15-6-5-14-11-12-22-19(14)13-15)18-3-1-2-4-20(18)28-17-9-7-16(8-10-17)24(26)27/h1-13,22H,(H,23,25). The van der Waals surface area contributed by atoms with Crippen LogP contribution in [-0.4, -0.2) is 15.8 Å². The van der Waals surface area contributed by atoms with Gasteiger partial charge in [0.05, 0.1) is 10.5 Å². The van der Waals surface area contributed by atoms with Gasteiger partial charge in [0.1, 0.15) is 11.5 Å². The van der Waals surface area contributed by atoms with Crippen molar-refractivity contribution in [2.24, 2.45) is 0 Å². The van der Waals surface area contributed by atoms with E-state index in [1.54, 1.807) is 24.3 Å². The Morgan fingerprint density at radius 2 is 1.79 bits per heavy atom. The molecule has 0 radical (unpaired) electrons. The lowest BCUT2D eigenvalue weighted by Gasteiger charge is -2.11. The van der Waals surface area contributed by atoms with Crippen LogP contribution in [0, 0.1) is 10.1 Å². The first-order valence-corrected chi connectivity index (χ1v) is 8.50. The molecule has 4 rings (SSSR count). The first-order valence-electron chi connectivity index (χ1n) is 8.50. The van der Waals surface area contributed by atoms with Crippen molar-refractivity contribution in [2.75, 3.05) is 5.32 Å². The number of anilines is 1. The van der Waals surface area contributed by atoms with E-state index in [2.05, 4.69) is 10.3 Å². The summed E-state index contributed by atoms with van der Waals surface area (Å²) in [7, 11) is 0. The first kappa shape index (κ1) is 17.3. The van der Waals surface area contributed by atoms with Crippen LogP contribution in [0.5, 0.6) is 11.5 Å². The summed E-state index contributed by atoms with van der Waals surface area (Å²) in [5.74, 6) is 0.442. The van der Waals surface area contributed by atoms with Gasteiger partial charge in [-0.3, -0.25) is 14.9 Å². The van der Waals surface area contributed by atoms with Gasteiger partial charge in [0.2, 0.25) is 0 Å². The molecule has 0 atom stereocenters. The number of non-ortho nitro benzene ring substituents is 1. The van der Waals surface area contributed by atoms with E-state index < -0.39 is 4.92 Å². The van der Waals surface area contributed by atoms with E-state index in [1.807, 2.05) is 30.5 Å². The smallest absolute Gasteiger partial charge is 0.269 e. The van der Waals surface area contributed by atoms with E-state index in [-0.39, 0.29) is 11.6 Å². The first-order chi connectivity index (χ1) is 13.6. The molecule has 0 saturated carbocycles. The van der Waals surface area contributed by atoms with Crippen molar-refractivity contribution in [1.82, 2.24) is 4.98 Å². The number of nitrogens with zero attached hydrogens (tertiary/aromatic N) is 1. The molecule has 138 valence electrons. The predicted molar refractivity (Wildman–Crippen MR) is 106 cm³/mol. The van der Waals surface area contributed by atoms with E-state index >= 15 is 0 Å². The van der Waals surface area contributed by atoms with Crippen LogP contribution in [0.4, 0.5) is 11.4 Å². The second-order valence-electron chi connectivity index (χ2n) is 6.08. The predicted octanol–water partition coefficient (Wildman–Crippen LogP) is 5.12. The minimum absolute atomic E-state index is 0.0295. The second-order valence-corrected chi connectivity index (χ2v) is 6.08. The Morgan fingerprint density at radius 3 is 2.57 bits per heavy atom. The largest absolute Gasteiger partial charge is 0.457 e. The minimum Gasteiger partial charge on any atom is -0.457 e. The summed E-state index contributed by atoms with van der Waals surface area (Å²) in [5, 5.41) is 14.7. The number of fused-ring (bicyclic) bond motifs is 1. The summed E-state index contributed by atoms with van der Waals surface area (Å²) >= 11 is 0. The highest BCUT2D eigenvalue weighted by atomic mass is 16.6. The summed E-state index contributed by atoms with van der Waals surface area (Å²) in [6, 6.07) is 20.1. The van der Waals surface area contributed by atoms with Crippen LogP contribution in [-0.2, 0) is 0 Å². The number of benzene rings is 3. The topological polar surface area (TPSA) is 97.3 Å². The van der Waals surface area contributed by atoms with Crippen molar-refractivity contribution >= 4 is 28.2 Å². The molecule has 0 bridgehead atoms. The van der Waals surface area contributed by atoms with Crippen LogP contribution >= 0.6 is 0 Å². The number of nitro benzene ring substituents is 1. The Balaban J connectivity index is 1.56. The Bertz CT molecular complexity index is 1170. The molecule has 0 aliphatic rings. The van der Waals surface area contributed by atoms with E-state index in [9.17, 15) is 14.9 Å². The summed E-state index contributed by atoms with van der Waals surface area (Å²) < 4.78 is 5.77. The zero-order valence-corrected chi connectivity index (χ0v) is 14.6. The third-order valence-electron chi connectivity index (χ3n) is 4.22. The molecule has 0 spiro atoms. The van der Waals surface area contributed by atoms with Crippen molar-refractivity contribution in [3.05, 3.63) is 94.7 Å². The molecule has 4 aromatic rings. The fourth-order valence-electron chi connectivity index (χ4n) is 2.83. The zero-order chi connectivity index (χ0) is 19.5. The Hall–Kier alpha value is -4.13. The number of amides is 1. The molecular weight excluding hydrogens is 358 g/mol. The summed E-state index contributed by atoms with van der Waals surface area (Å²) in [5.41, 5.74) is 1.91. The molecule has 1 amide bonds. The third-order valence-corrected chi connectivity index (χ3v) is 4.22. The summed E-state index contributed by atoms with van der Waals surface area (Å²) in [6.07, 6.45) is 1.84. The van der Waals surface area contributed by atoms with E-state index in [1.165, 1.54) is 24.3 Å². The van der Waals surface area contributed by atoms with Crippen LogP contribution in [0.25, 0.3) is 10.9 Å². The van der Waals surface area contributed by atoms with Crippen LogP contribution in [0.1, 0.15) is 10.4 Å². The Labute approximate surface area is 159 Å². The number of ether oxygens (including phenoxy) is 1. The van der Waals surface area contributed by atoms with Gasteiger partial charge in [-0.15, -0.1) is 0 Å². The highest BCUT2D eigenvalue weighted by Gasteiger charge is 2.14. The number of carbonyl (C=O) groups excluding carboxylic acids is 1. The molecule has 7 nitrogen and oxygen atoms in total. The highest BCUT2D eigenvalue weighted by molar-refractivity contribution is 6.06. The van der Waals surface area contributed by atoms with Crippen molar-refractivity contribution in [1.29, 1.82) is 0 Å². The number of rotatable bonds is 5. The lowest BCUT2D eigenvalue weighted by Crippen LogP contribution is -2.12. The minimum atomic E-state index is -0.480.